The maximum Gasteiger partial charge on any atom is 0.259 e. The van der Waals surface area contributed by atoms with Crippen LogP contribution in [0.4, 0.5) is 5.13 Å². The SMILES string of the molecule is COc1ccccc1-c1cc(C2CC2)ncc1C(=O)Nc1nnc(COc2ccc(Cl)cc2)s1. The quantitative estimate of drug-likeness (QED) is 0.326. The smallest absolute Gasteiger partial charge is 0.259 e. The molecule has 0 bridgehead atoms. The van der Waals surface area contributed by atoms with E-state index in [0.717, 1.165) is 29.7 Å². The summed E-state index contributed by atoms with van der Waals surface area (Å²) in [7, 11) is 1.62. The number of halogens is 1. The number of aromatic nitrogens is 3. The topological polar surface area (TPSA) is 86.2 Å². The summed E-state index contributed by atoms with van der Waals surface area (Å²) in [6, 6.07) is 16.7. The van der Waals surface area contributed by atoms with Crippen molar-refractivity contribution in [1.82, 2.24) is 15.2 Å². The number of anilines is 1. The first-order chi connectivity index (χ1) is 16.6. The highest BCUT2D eigenvalue weighted by atomic mass is 35.5. The largest absolute Gasteiger partial charge is 0.496 e. The molecule has 2 aromatic carbocycles. The number of methoxy groups -OCH3 is 1. The second kappa shape index (κ2) is 9.79. The van der Waals surface area contributed by atoms with Gasteiger partial charge in [0.2, 0.25) is 5.13 Å². The Morgan fingerprint density at radius 3 is 2.68 bits per heavy atom. The number of nitrogens with one attached hydrogen (secondary N) is 1. The molecule has 0 radical (unpaired) electrons. The van der Waals surface area contributed by atoms with Crippen LogP contribution in [-0.2, 0) is 6.61 Å². The molecule has 34 heavy (non-hydrogen) atoms. The number of carbonyl (C=O) groups is 1. The van der Waals surface area contributed by atoms with Gasteiger partial charge in [0.25, 0.3) is 5.91 Å². The molecule has 172 valence electrons. The van der Waals surface area contributed by atoms with Crippen molar-refractivity contribution in [2.75, 3.05) is 12.4 Å². The van der Waals surface area contributed by atoms with E-state index in [2.05, 4.69) is 20.5 Å². The highest BCUT2D eigenvalue weighted by Gasteiger charge is 2.27. The second-order valence-electron chi connectivity index (χ2n) is 7.83. The van der Waals surface area contributed by atoms with Crippen LogP contribution >= 0.6 is 22.9 Å². The van der Waals surface area contributed by atoms with E-state index < -0.39 is 0 Å². The molecule has 0 aliphatic heterocycles. The Hall–Kier alpha value is -3.49. The third-order valence-electron chi connectivity index (χ3n) is 5.43. The van der Waals surface area contributed by atoms with Crippen LogP contribution in [0, 0.1) is 0 Å². The van der Waals surface area contributed by atoms with Gasteiger partial charge in [0.1, 0.15) is 18.1 Å². The van der Waals surface area contributed by atoms with Gasteiger partial charge in [-0.25, -0.2) is 0 Å². The number of para-hydroxylation sites is 1. The molecule has 7 nitrogen and oxygen atoms in total. The molecule has 1 fully saturated rings. The van der Waals surface area contributed by atoms with Crippen molar-refractivity contribution < 1.29 is 14.3 Å². The van der Waals surface area contributed by atoms with Crippen molar-refractivity contribution in [3.8, 4) is 22.6 Å². The number of hydrogen-bond acceptors (Lipinski definition) is 7. The Bertz CT molecular complexity index is 1320. The molecule has 2 aromatic heterocycles. The highest BCUT2D eigenvalue weighted by molar-refractivity contribution is 7.15. The number of carbonyl (C=O) groups excluding carboxylic acids is 1. The van der Waals surface area contributed by atoms with Gasteiger partial charge in [0.05, 0.1) is 12.7 Å². The van der Waals surface area contributed by atoms with Crippen LogP contribution in [0.15, 0.2) is 60.8 Å². The number of rotatable bonds is 8. The molecule has 0 saturated heterocycles. The van der Waals surface area contributed by atoms with E-state index >= 15 is 0 Å². The van der Waals surface area contributed by atoms with E-state index in [1.54, 1.807) is 37.6 Å². The average molecular weight is 493 g/mol. The molecule has 1 aliphatic rings. The summed E-state index contributed by atoms with van der Waals surface area (Å²) in [6.45, 7) is 0.235. The van der Waals surface area contributed by atoms with Crippen LogP contribution < -0.4 is 14.8 Å². The minimum atomic E-state index is -0.308. The Kier molecular flexibility index (Phi) is 6.42. The van der Waals surface area contributed by atoms with Crippen LogP contribution in [0.5, 0.6) is 11.5 Å². The van der Waals surface area contributed by atoms with Gasteiger partial charge in [-0.15, -0.1) is 10.2 Å². The van der Waals surface area contributed by atoms with Crippen molar-refractivity contribution in [2.45, 2.75) is 25.4 Å². The van der Waals surface area contributed by atoms with Crippen molar-refractivity contribution >= 4 is 34.0 Å². The number of benzene rings is 2. The first-order valence-corrected chi connectivity index (χ1v) is 12.0. The Balaban J connectivity index is 1.35. The lowest BCUT2D eigenvalue weighted by Gasteiger charge is -2.13. The van der Waals surface area contributed by atoms with Crippen LogP contribution in [0.25, 0.3) is 11.1 Å². The monoisotopic (exact) mass is 492 g/mol. The third-order valence-corrected chi connectivity index (χ3v) is 6.49. The minimum Gasteiger partial charge on any atom is -0.496 e. The standard InChI is InChI=1S/C25H21ClN4O3S/c1-32-22-5-3-2-4-18(22)19-12-21(15-6-7-15)27-13-20(19)24(31)28-25-30-29-23(34-25)14-33-17-10-8-16(26)9-11-17/h2-5,8-13,15H,6-7,14H2,1H3,(H,28,30,31). The van der Waals surface area contributed by atoms with Crippen molar-refractivity contribution in [3.63, 3.8) is 0 Å². The van der Waals surface area contributed by atoms with Crippen molar-refractivity contribution in [1.29, 1.82) is 0 Å². The molecule has 4 aromatic rings. The molecular weight excluding hydrogens is 472 g/mol. The summed E-state index contributed by atoms with van der Waals surface area (Å²) in [5, 5.41) is 12.7. The summed E-state index contributed by atoms with van der Waals surface area (Å²) in [4.78, 5) is 17.8. The van der Waals surface area contributed by atoms with Gasteiger partial charge in [-0.1, -0.05) is 41.1 Å². The fourth-order valence-corrected chi connectivity index (χ4v) is 4.32. The molecule has 1 aliphatic carbocycles. The summed E-state index contributed by atoms with van der Waals surface area (Å²) in [6.07, 6.45) is 3.88. The fourth-order valence-electron chi connectivity index (χ4n) is 3.55. The van der Waals surface area contributed by atoms with Crippen molar-refractivity contribution in [3.05, 3.63) is 82.1 Å². The number of hydrogen-bond donors (Lipinski definition) is 1. The Morgan fingerprint density at radius 2 is 1.91 bits per heavy atom. The van der Waals surface area contributed by atoms with Crippen molar-refractivity contribution in [2.24, 2.45) is 0 Å². The zero-order chi connectivity index (χ0) is 23.5. The number of pyridine rings is 1. The van der Waals surface area contributed by atoms with E-state index in [9.17, 15) is 4.79 Å². The summed E-state index contributed by atoms with van der Waals surface area (Å²) in [5.41, 5.74) is 3.06. The average Bonchev–Trinajstić information content (AvgIpc) is 3.63. The molecule has 0 spiro atoms. The molecule has 2 heterocycles. The first kappa shape index (κ1) is 22.3. The summed E-state index contributed by atoms with van der Waals surface area (Å²) < 4.78 is 11.3. The first-order valence-electron chi connectivity index (χ1n) is 10.8. The lowest BCUT2D eigenvalue weighted by molar-refractivity contribution is 0.102. The minimum absolute atomic E-state index is 0.235. The third kappa shape index (κ3) is 5.03. The van der Waals surface area contributed by atoms with Gasteiger partial charge >= 0.3 is 0 Å². The molecule has 1 amide bonds. The van der Waals surface area contributed by atoms with E-state index in [0.29, 0.717) is 38.1 Å². The predicted molar refractivity (Wildman–Crippen MR) is 132 cm³/mol. The molecule has 1 N–H and O–H groups in total. The van der Waals surface area contributed by atoms with E-state index in [1.807, 2.05) is 30.3 Å². The molecule has 5 rings (SSSR count). The van der Waals surface area contributed by atoms with Crippen LogP contribution in [-0.4, -0.2) is 28.2 Å². The van der Waals surface area contributed by atoms with Gasteiger partial charge in [0.15, 0.2) is 5.01 Å². The predicted octanol–water partition coefficient (Wildman–Crippen LogP) is 5.97. The van der Waals surface area contributed by atoms with Gasteiger partial charge in [-0.3, -0.25) is 15.1 Å². The van der Waals surface area contributed by atoms with E-state index in [-0.39, 0.29) is 12.5 Å². The molecule has 1 saturated carbocycles. The molecular formula is C25H21ClN4O3S. The lowest BCUT2D eigenvalue weighted by Crippen LogP contribution is -2.14. The number of amides is 1. The van der Waals surface area contributed by atoms with Crippen LogP contribution in [0.3, 0.4) is 0 Å². The van der Waals surface area contributed by atoms with E-state index in [1.165, 1.54) is 11.3 Å². The van der Waals surface area contributed by atoms with Gasteiger partial charge in [-0.2, -0.15) is 0 Å². The fraction of sp³-hybridized carbons (Fsp3) is 0.200. The molecule has 0 unspecified atom stereocenters. The summed E-state index contributed by atoms with van der Waals surface area (Å²) >= 11 is 7.15. The van der Waals surface area contributed by atoms with Crippen LogP contribution in [0.2, 0.25) is 5.02 Å². The maximum absolute atomic E-state index is 13.2. The maximum atomic E-state index is 13.2. The number of ether oxygens (including phenoxy) is 2. The zero-order valence-corrected chi connectivity index (χ0v) is 19.9. The van der Waals surface area contributed by atoms with Gasteiger partial charge in [0, 0.05) is 34.0 Å². The van der Waals surface area contributed by atoms with E-state index in [4.69, 9.17) is 21.1 Å². The Labute approximate surface area is 205 Å². The second-order valence-corrected chi connectivity index (χ2v) is 9.33. The Morgan fingerprint density at radius 1 is 1.12 bits per heavy atom. The zero-order valence-electron chi connectivity index (χ0n) is 18.3. The lowest BCUT2D eigenvalue weighted by atomic mass is 9.98. The normalized spacial score (nSPS) is 12.9. The van der Waals surface area contributed by atoms with Gasteiger partial charge in [-0.05, 0) is 49.2 Å². The molecule has 9 heteroatoms. The molecule has 0 atom stereocenters. The van der Waals surface area contributed by atoms with Gasteiger partial charge < -0.3 is 9.47 Å². The highest BCUT2D eigenvalue weighted by Crippen LogP contribution is 2.41. The summed E-state index contributed by atoms with van der Waals surface area (Å²) in [5.74, 6) is 1.52. The number of nitrogens with zero attached hydrogens (tertiary/aromatic N) is 3. The van der Waals surface area contributed by atoms with Crippen LogP contribution in [0.1, 0.15) is 39.8 Å².